The molecule has 0 spiro atoms. The number of hydrogen-bond acceptors (Lipinski definition) is 1. The van der Waals surface area contributed by atoms with Crippen molar-refractivity contribution in [1.29, 1.82) is 0 Å². The van der Waals surface area contributed by atoms with E-state index in [0.717, 1.165) is 10.9 Å². The minimum atomic E-state index is 1.04. The highest BCUT2D eigenvalue weighted by Gasteiger charge is 1.92. The summed E-state index contributed by atoms with van der Waals surface area (Å²) >= 11 is 0. The standard InChI is InChI=1S/C12H9N/c1-2-3-10-4-5-11-6-7-13-9-12(11)8-10/h4-9H,1H3. The molecule has 1 heteroatoms. The van der Waals surface area contributed by atoms with Gasteiger partial charge in [0, 0.05) is 23.3 Å². The molecule has 0 atom stereocenters. The van der Waals surface area contributed by atoms with Crippen LogP contribution in [-0.2, 0) is 0 Å². The van der Waals surface area contributed by atoms with Gasteiger partial charge in [-0.05, 0) is 30.5 Å². The summed E-state index contributed by atoms with van der Waals surface area (Å²) in [4.78, 5) is 4.07. The molecule has 2 rings (SSSR count). The zero-order valence-corrected chi connectivity index (χ0v) is 7.41. The third-order valence-corrected chi connectivity index (χ3v) is 1.91. The number of nitrogens with zero attached hydrogens (tertiary/aromatic N) is 1. The number of fused-ring (bicyclic) bond motifs is 1. The highest BCUT2D eigenvalue weighted by atomic mass is 14.6. The van der Waals surface area contributed by atoms with Crippen LogP contribution in [0.1, 0.15) is 12.5 Å². The fraction of sp³-hybridized carbons (Fsp3) is 0.0833. The first-order valence-corrected chi connectivity index (χ1v) is 4.17. The number of benzene rings is 1. The summed E-state index contributed by atoms with van der Waals surface area (Å²) in [6, 6.07) is 8.15. The molecule has 62 valence electrons. The smallest absolute Gasteiger partial charge is 0.0346 e. The highest BCUT2D eigenvalue weighted by molar-refractivity contribution is 5.82. The lowest BCUT2D eigenvalue weighted by Crippen LogP contribution is -1.77. The molecule has 0 aliphatic carbocycles. The molecule has 0 unspecified atom stereocenters. The molecule has 0 aliphatic rings. The monoisotopic (exact) mass is 167 g/mol. The maximum atomic E-state index is 4.07. The van der Waals surface area contributed by atoms with E-state index < -0.39 is 0 Å². The first kappa shape index (κ1) is 7.82. The molecule has 0 amide bonds. The average molecular weight is 167 g/mol. The summed E-state index contributed by atoms with van der Waals surface area (Å²) in [6.07, 6.45) is 3.66. The fourth-order valence-electron chi connectivity index (χ4n) is 1.31. The van der Waals surface area contributed by atoms with E-state index in [-0.39, 0.29) is 0 Å². The van der Waals surface area contributed by atoms with Crippen molar-refractivity contribution in [1.82, 2.24) is 4.98 Å². The van der Waals surface area contributed by atoms with E-state index in [2.05, 4.69) is 29.0 Å². The Morgan fingerprint density at radius 1 is 1.15 bits per heavy atom. The molecule has 0 fully saturated rings. The zero-order valence-electron chi connectivity index (χ0n) is 7.41. The van der Waals surface area contributed by atoms with Gasteiger partial charge < -0.3 is 0 Å². The van der Waals surface area contributed by atoms with E-state index >= 15 is 0 Å². The minimum Gasteiger partial charge on any atom is -0.264 e. The molecular formula is C12H9N. The van der Waals surface area contributed by atoms with Crippen molar-refractivity contribution in [3.63, 3.8) is 0 Å². The van der Waals surface area contributed by atoms with Crippen LogP contribution in [0.25, 0.3) is 10.8 Å². The van der Waals surface area contributed by atoms with Crippen LogP contribution in [0.2, 0.25) is 0 Å². The Morgan fingerprint density at radius 3 is 2.92 bits per heavy atom. The predicted molar refractivity (Wildman–Crippen MR) is 54.3 cm³/mol. The number of aromatic nitrogens is 1. The van der Waals surface area contributed by atoms with Gasteiger partial charge in [0.05, 0.1) is 0 Å². The van der Waals surface area contributed by atoms with Crippen LogP contribution >= 0.6 is 0 Å². The molecule has 1 nitrogen and oxygen atoms in total. The van der Waals surface area contributed by atoms with Crippen LogP contribution in [0.5, 0.6) is 0 Å². The summed E-state index contributed by atoms with van der Waals surface area (Å²) in [6.45, 7) is 1.84. The van der Waals surface area contributed by atoms with Gasteiger partial charge in [0.1, 0.15) is 0 Å². The first-order chi connectivity index (χ1) is 6.40. The van der Waals surface area contributed by atoms with Gasteiger partial charge in [-0.25, -0.2) is 0 Å². The van der Waals surface area contributed by atoms with Crippen molar-refractivity contribution in [2.45, 2.75) is 6.92 Å². The van der Waals surface area contributed by atoms with Gasteiger partial charge >= 0.3 is 0 Å². The molecule has 13 heavy (non-hydrogen) atoms. The summed E-state index contributed by atoms with van der Waals surface area (Å²) in [7, 11) is 0. The van der Waals surface area contributed by atoms with Gasteiger partial charge in [-0.15, -0.1) is 5.92 Å². The number of rotatable bonds is 0. The predicted octanol–water partition coefficient (Wildman–Crippen LogP) is 2.61. The van der Waals surface area contributed by atoms with E-state index in [1.807, 2.05) is 25.3 Å². The highest BCUT2D eigenvalue weighted by Crippen LogP contribution is 2.13. The van der Waals surface area contributed by atoms with Crippen molar-refractivity contribution in [3.05, 3.63) is 42.2 Å². The largest absolute Gasteiger partial charge is 0.264 e. The van der Waals surface area contributed by atoms with Gasteiger partial charge in [0.2, 0.25) is 0 Å². The van der Waals surface area contributed by atoms with Crippen LogP contribution in [0.15, 0.2) is 36.7 Å². The average Bonchev–Trinajstić information content (AvgIpc) is 2.18. The molecule has 0 N–H and O–H groups in total. The Morgan fingerprint density at radius 2 is 2.08 bits per heavy atom. The van der Waals surface area contributed by atoms with Gasteiger partial charge in [0.25, 0.3) is 0 Å². The Bertz CT molecular complexity index is 489. The molecule has 0 aliphatic heterocycles. The Balaban J connectivity index is 2.66. The summed E-state index contributed by atoms with van der Waals surface area (Å²) < 4.78 is 0. The topological polar surface area (TPSA) is 12.9 Å². The van der Waals surface area contributed by atoms with E-state index in [4.69, 9.17) is 0 Å². The van der Waals surface area contributed by atoms with Crippen LogP contribution in [0.4, 0.5) is 0 Å². The van der Waals surface area contributed by atoms with Gasteiger partial charge in [-0.2, -0.15) is 0 Å². The fourth-order valence-corrected chi connectivity index (χ4v) is 1.31. The maximum absolute atomic E-state index is 4.07. The molecule has 0 saturated heterocycles. The molecular weight excluding hydrogens is 158 g/mol. The molecule has 0 radical (unpaired) electrons. The number of pyridine rings is 1. The van der Waals surface area contributed by atoms with Gasteiger partial charge in [0.15, 0.2) is 0 Å². The summed E-state index contributed by atoms with van der Waals surface area (Å²) in [5, 5.41) is 2.35. The molecule has 1 heterocycles. The molecule has 0 bridgehead atoms. The van der Waals surface area contributed by atoms with Crippen LogP contribution in [0, 0.1) is 11.8 Å². The van der Waals surface area contributed by atoms with E-state index in [9.17, 15) is 0 Å². The van der Waals surface area contributed by atoms with Crippen molar-refractivity contribution >= 4 is 10.8 Å². The second-order valence-corrected chi connectivity index (χ2v) is 2.81. The maximum Gasteiger partial charge on any atom is 0.0346 e. The van der Waals surface area contributed by atoms with Gasteiger partial charge in [-0.3, -0.25) is 4.98 Å². The van der Waals surface area contributed by atoms with Crippen molar-refractivity contribution in [2.75, 3.05) is 0 Å². The third kappa shape index (κ3) is 1.52. The molecule has 1 aromatic heterocycles. The number of hydrogen-bond donors (Lipinski definition) is 0. The second kappa shape index (κ2) is 3.28. The quantitative estimate of drug-likeness (QED) is 0.549. The lowest BCUT2D eigenvalue weighted by atomic mass is 10.1. The Kier molecular flexibility index (Phi) is 1.97. The lowest BCUT2D eigenvalue weighted by Gasteiger charge is -1.96. The zero-order chi connectivity index (χ0) is 9.10. The van der Waals surface area contributed by atoms with Crippen LogP contribution in [0.3, 0.4) is 0 Å². The Labute approximate surface area is 77.4 Å². The second-order valence-electron chi connectivity index (χ2n) is 2.81. The summed E-state index contributed by atoms with van der Waals surface area (Å²) in [5.74, 6) is 5.90. The Hall–Kier alpha value is -1.81. The van der Waals surface area contributed by atoms with E-state index in [1.54, 1.807) is 6.20 Å². The summed E-state index contributed by atoms with van der Waals surface area (Å²) in [5.41, 5.74) is 1.04. The van der Waals surface area contributed by atoms with Crippen LogP contribution in [-0.4, -0.2) is 4.98 Å². The molecule has 0 saturated carbocycles. The SMILES string of the molecule is CC#Cc1ccc2ccncc2c1. The van der Waals surface area contributed by atoms with Gasteiger partial charge in [-0.1, -0.05) is 12.0 Å². The van der Waals surface area contributed by atoms with Crippen molar-refractivity contribution in [2.24, 2.45) is 0 Å². The van der Waals surface area contributed by atoms with E-state index in [0.29, 0.717) is 0 Å². The van der Waals surface area contributed by atoms with Crippen molar-refractivity contribution < 1.29 is 0 Å². The first-order valence-electron chi connectivity index (χ1n) is 4.17. The normalized spacial score (nSPS) is 9.31. The van der Waals surface area contributed by atoms with E-state index in [1.165, 1.54) is 5.39 Å². The minimum absolute atomic E-state index is 1.04. The van der Waals surface area contributed by atoms with Crippen molar-refractivity contribution in [3.8, 4) is 11.8 Å². The van der Waals surface area contributed by atoms with Crippen LogP contribution < -0.4 is 0 Å². The molecule has 1 aromatic carbocycles. The molecule has 2 aromatic rings. The lowest BCUT2D eigenvalue weighted by molar-refractivity contribution is 1.36. The third-order valence-electron chi connectivity index (χ3n) is 1.91.